The number of fused-ring (bicyclic) bond motifs is 1. The molecule has 2 aromatic carbocycles. The van der Waals surface area contributed by atoms with Crippen LogP contribution in [0.25, 0.3) is 0 Å². The molecule has 3 aliphatic heterocycles. The lowest BCUT2D eigenvalue weighted by molar-refractivity contribution is -0.140. The van der Waals surface area contributed by atoms with E-state index in [1.807, 2.05) is 62.4 Å². The van der Waals surface area contributed by atoms with Gasteiger partial charge in [0, 0.05) is 30.2 Å². The van der Waals surface area contributed by atoms with Gasteiger partial charge in [-0.25, -0.2) is 0 Å². The SMILES string of the molecule is Cc1ccc(C)c(NC(=O)C2N(CCCCCCO)C(=O)[C@@H]3[C@@H](C(=O)NCc4ccccc4)[C@@H]4OC23CC4Br)c1. The predicted octanol–water partition coefficient (Wildman–Crippen LogP) is 3.86. The van der Waals surface area contributed by atoms with Gasteiger partial charge in [0.05, 0.1) is 17.9 Å². The predicted molar refractivity (Wildman–Crippen MR) is 156 cm³/mol. The van der Waals surface area contributed by atoms with Crippen LogP contribution in [-0.4, -0.2) is 63.5 Å². The molecule has 9 heteroatoms. The number of nitrogens with zero attached hydrogens (tertiary/aromatic N) is 1. The van der Waals surface area contributed by atoms with Gasteiger partial charge >= 0.3 is 0 Å². The number of ether oxygens (including phenoxy) is 1. The van der Waals surface area contributed by atoms with E-state index >= 15 is 0 Å². The molecule has 6 atom stereocenters. The summed E-state index contributed by atoms with van der Waals surface area (Å²) in [6, 6.07) is 14.7. The zero-order valence-corrected chi connectivity index (χ0v) is 24.7. The topological polar surface area (TPSA) is 108 Å². The summed E-state index contributed by atoms with van der Waals surface area (Å²) in [6.45, 7) is 4.80. The number of anilines is 1. The van der Waals surface area contributed by atoms with E-state index in [-0.39, 0.29) is 29.2 Å². The zero-order chi connectivity index (χ0) is 28.4. The van der Waals surface area contributed by atoms with E-state index in [0.717, 1.165) is 29.5 Å². The third-order valence-electron chi connectivity index (χ3n) is 8.61. The molecule has 3 N–H and O–H groups in total. The lowest BCUT2D eigenvalue weighted by atomic mass is 9.70. The number of nitrogens with one attached hydrogen (secondary N) is 2. The summed E-state index contributed by atoms with van der Waals surface area (Å²) in [5, 5.41) is 15.3. The molecule has 2 bridgehead atoms. The molecular weight excluding hydrogens is 574 g/mol. The first kappa shape index (κ1) is 28.8. The van der Waals surface area contributed by atoms with Crippen molar-refractivity contribution in [3.05, 3.63) is 65.2 Å². The Morgan fingerprint density at radius 2 is 1.82 bits per heavy atom. The largest absolute Gasteiger partial charge is 0.396 e. The van der Waals surface area contributed by atoms with Gasteiger partial charge in [-0.3, -0.25) is 14.4 Å². The lowest BCUT2D eigenvalue weighted by Gasteiger charge is -2.34. The van der Waals surface area contributed by atoms with Gasteiger partial charge in [0.1, 0.15) is 11.6 Å². The molecule has 3 saturated heterocycles. The molecule has 0 aliphatic carbocycles. The number of halogens is 1. The van der Waals surface area contributed by atoms with Crippen molar-refractivity contribution >= 4 is 39.3 Å². The summed E-state index contributed by atoms with van der Waals surface area (Å²) < 4.78 is 6.59. The van der Waals surface area contributed by atoms with Gasteiger partial charge in [0.2, 0.25) is 17.7 Å². The van der Waals surface area contributed by atoms with Gasteiger partial charge in [0.25, 0.3) is 0 Å². The number of hydrogen-bond donors (Lipinski definition) is 3. The van der Waals surface area contributed by atoms with E-state index in [4.69, 9.17) is 9.84 Å². The first-order valence-electron chi connectivity index (χ1n) is 14.2. The highest BCUT2D eigenvalue weighted by Gasteiger charge is 2.76. The Kier molecular flexibility index (Phi) is 8.63. The first-order valence-corrected chi connectivity index (χ1v) is 15.1. The maximum Gasteiger partial charge on any atom is 0.250 e. The van der Waals surface area contributed by atoms with E-state index in [1.54, 1.807) is 4.90 Å². The van der Waals surface area contributed by atoms with Crippen LogP contribution in [0.2, 0.25) is 0 Å². The summed E-state index contributed by atoms with van der Waals surface area (Å²) in [5.74, 6) is -2.12. The van der Waals surface area contributed by atoms with Crippen molar-refractivity contribution < 1.29 is 24.2 Å². The molecular formula is C31H38BrN3O5. The molecule has 3 amide bonds. The Bertz CT molecular complexity index is 1260. The van der Waals surface area contributed by atoms with Crippen LogP contribution < -0.4 is 10.6 Å². The molecule has 5 rings (SSSR count). The van der Waals surface area contributed by atoms with E-state index in [1.165, 1.54) is 0 Å². The van der Waals surface area contributed by atoms with E-state index < -0.39 is 29.6 Å². The number of rotatable bonds is 11. The summed E-state index contributed by atoms with van der Waals surface area (Å²) in [7, 11) is 0. The lowest BCUT2D eigenvalue weighted by Crippen LogP contribution is -2.54. The molecule has 0 aromatic heterocycles. The second kappa shape index (κ2) is 12.0. The summed E-state index contributed by atoms with van der Waals surface area (Å²) >= 11 is 3.73. The number of unbranched alkanes of at least 4 members (excludes halogenated alkanes) is 3. The van der Waals surface area contributed by atoms with Crippen molar-refractivity contribution in [2.45, 2.75) is 75.1 Å². The van der Waals surface area contributed by atoms with Crippen molar-refractivity contribution in [3.63, 3.8) is 0 Å². The minimum absolute atomic E-state index is 0.135. The Morgan fingerprint density at radius 3 is 2.58 bits per heavy atom. The van der Waals surface area contributed by atoms with Gasteiger partial charge < -0.3 is 25.4 Å². The number of hydrogen-bond acceptors (Lipinski definition) is 5. The summed E-state index contributed by atoms with van der Waals surface area (Å²) in [4.78, 5) is 43.3. The zero-order valence-electron chi connectivity index (χ0n) is 23.1. The monoisotopic (exact) mass is 611 g/mol. The normalized spacial score (nSPS) is 28.6. The van der Waals surface area contributed by atoms with Crippen LogP contribution in [0, 0.1) is 25.7 Å². The van der Waals surface area contributed by atoms with Crippen LogP contribution in [0.4, 0.5) is 5.69 Å². The van der Waals surface area contributed by atoms with Crippen LogP contribution in [0.15, 0.2) is 48.5 Å². The molecule has 2 aromatic rings. The molecule has 3 heterocycles. The number of benzene rings is 2. The van der Waals surface area contributed by atoms with Crippen molar-refractivity contribution in [3.8, 4) is 0 Å². The third kappa shape index (κ3) is 5.31. The highest BCUT2D eigenvalue weighted by atomic mass is 79.9. The maximum absolute atomic E-state index is 14.1. The summed E-state index contributed by atoms with van der Waals surface area (Å²) in [6.07, 6.45) is 3.07. The van der Waals surface area contributed by atoms with Crippen LogP contribution in [0.1, 0.15) is 48.8 Å². The number of alkyl halides is 1. The molecule has 3 unspecified atom stereocenters. The van der Waals surface area contributed by atoms with E-state index in [9.17, 15) is 14.4 Å². The van der Waals surface area contributed by atoms with Crippen LogP contribution >= 0.6 is 15.9 Å². The average Bonchev–Trinajstić information content (AvgIpc) is 3.53. The Hall–Kier alpha value is -2.75. The molecule has 214 valence electrons. The van der Waals surface area contributed by atoms with Gasteiger partial charge in [-0.05, 0) is 55.9 Å². The minimum Gasteiger partial charge on any atom is -0.396 e. The van der Waals surface area contributed by atoms with Crippen LogP contribution in [0.5, 0.6) is 0 Å². The minimum atomic E-state index is -1.09. The standard InChI is InChI=1S/C31H38BrN3O5/c1-19-12-13-20(2)23(16-19)34-29(38)27-31-17-22(32)26(40-31)24(28(37)33-18-21-10-6-5-7-11-21)25(31)30(39)35(27)14-8-3-4-9-15-36/h5-7,10-13,16,22,24-27,36H,3-4,8-9,14-15,17-18H2,1-2H3,(H,33,37)(H,34,38)/t22?,24-,25+,26-,27?,31?/m1/s1. The molecule has 8 nitrogen and oxygen atoms in total. The number of aliphatic hydroxyl groups is 1. The third-order valence-corrected chi connectivity index (χ3v) is 9.45. The van der Waals surface area contributed by atoms with Gasteiger partial charge in [-0.1, -0.05) is 71.2 Å². The molecule has 40 heavy (non-hydrogen) atoms. The molecule has 0 radical (unpaired) electrons. The Balaban J connectivity index is 1.43. The Morgan fingerprint density at radius 1 is 1.07 bits per heavy atom. The van der Waals surface area contributed by atoms with E-state index in [0.29, 0.717) is 38.0 Å². The Labute approximate surface area is 244 Å². The maximum atomic E-state index is 14.1. The fourth-order valence-electron chi connectivity index (χ4n) is 6.69. The van der Waals surface area contributed by atoms with Crippen LogP contribution in [0.3, 0.4) is 0 Å². The van der Waals surface area contributed by atoms with Crippen molar-refractivity contribution in [2.75, 3.05) is 18.5 Å². The van der Waals surface area contributed by atoms with Gasteiger partial charge in [-0.2, -0.15) is 0 Å². The van der Waals surface area contributed by atoms with Gasteiger partial charge in [0.15, 0.2) is 0 Å². The van der Waals surface area contributed by atoms with Crippen molar-refractivity contribution in [1.29, 1.82) is 0 Å². The quantitative estimate of drug-likeness (QED) is 0.264. The molecule has 0 saturated carbocycles. The number of carbonyl (C=O) groups excluding carboxylic acids is 3. The number of aliphatic hydroxyl groups excluding tert-OH is 1. The number of aryl methyl sites for hydroxylation is 2. The average molecular weight is 613 g/mol. The first-order chi connectivity index (χ1) is 19.3. The highest BCUT2D eigenvalue weighted by Crippen LogP contribution is 2.60. The molecule has 3 aliphatic rings. The second-order valence-electron chi connectivity index (χ2n) is 11.3. The number of likely N-dealkylation sites (tertiary alicyclic amines) is 1. The van der Waals surface area contributed by atoms with Crippen molar-refractivity contribution in [2.24, 2.45) is 11.8 Å². The highest BCUT2D eigenvalue weighted by molar-refractivity contribution is 9.09. The van der Waals surface area contributed by atoms with Crippen LogP contribution in [-0.2, 0) is 25.7 Å². The number of amides is 3. The second-order valence-corrected chi connectivity index (χ2v) is 12.5. The fourth-order valence-corrected chi connectivity index (χ4v) is 7.63. The fraction of sp³-hybridized carbons (Fsp3) is 0.516. The molecule has 1 spiro atoms. The number of carbonyl (C=O) groups is 3. The summed E-state index contributed by atoms with van der Waals surface area (Å²) in [5.41, 5.74) is 2.55. The molecule has 3 fully saturated rings. The van der Waals surface area contributed by atoms with E-state index in [2.05, 4.69) is 26.6 Å². The van der Waals surface area contributed by atoms with Crippen molar-refractivity contribution in [1.82, 2.24) is 10.2 Å². The smallest absolute Gasteiger partial charge is 0.250 e. The van der Waals surface area contributed by atoms with Gasteiger partial charge in [-0.15, -0.1) is 0 Å².